The van der Waals surface area contributed by atoms with Crippen molar-refractivity contribution in [2.45, 2.75) is 50.8 Å². The molecule has 1 aliphatic rings. The Morgan fingerprint density at radius 3 is 2.36 bits per heavy atom. The minimum Gasteiger partial charge on any atom is -0.354 e. The van der Waals surface area contributed by atoms with E-state index in [-0.39, 0.29) is 5.91 Å². The van der Waals surface area contributed by atoms with E-state index < -0.39 is 4.32 Å². The molecule has 0 unspecified atom stereocenters. The Morgan fingerprint density at radius 2 is 2.07 bits per heavy atom. The van der Waals surface area contributed by atoms with Gasteiger partial charge in [0.2, 0.25) is 5.91 Å². The largest absolute Gasteiger partial charge is 0.354 e. The van der Waals surface area contributed by atoms with E-state index in [9.17, 15) is 4.79 Å². The Balaban J connectivity index is 2.36. The number of amides is 1. The van der Waals surface area contributed by atoms with Crippen LogP contribution in [0.5, 0.6) is 0 Å². The number of alkyl halides is 1. The highest BCUT2D eigenvalue weighted by molar-refractivity contribution is 9.10. The van der Waals surface area contributed by atoms with Gasteiger partial charge in [0.25, 0.3) is 0 Å². The molecule has 0 atom stereocenters. The third-order valence-corrected chi connectivity index (χ3v) is 3.69. The number of carbonyl (C=O) groups excluding carboxylic acids is 1. The lowest BCUT2D eigenvalue weighted by Gasteiger charge is -2.41. The summed E-state index contributed by atoms with van der Waals surface area (Å²) in [6.45, 7) is 6.81. The topological polar surface area (TPSA) is 29.1 Å². The molecule has 1 saturated carbocycles. The molecule has 0 spiro atoms. The van der Waals surface area contributed by atoms with E-state index in [4.69, 9.17) is 0 Å². The molecule has 0 aromatic heterocycles. The van der Waals surface area contributed by atoms with Crippen LogP contribution in [0.4, 0.5) is 0 Å². The zero-order valence-corrected chi connectivity index (χ0v) is 10.9. The van der Waals surface area contributed by atoms with Crippen LogP contribution in [0, 0.1) is 5.41 Å². The Labute approximate surface area is 95.0 Å². The summed E-state index contributed by atoms with van der Waals surface area (Å²) in [5.74, 6) is 0.0947. The first-order valence-corrected chi connectivity index (χ1v) is 6.16. The van der Waals surface area contributed by atoms with E-state index in [0.29, 0.717) is 5.41 Å². The molecule has 3 heteroatoms. The van der Waals surface area contributed by atoms with E-state index in [1.54, 1.807) is 0 Å². The fourth-order valence-electron chi connectivity index (χ4n) is 1.81. The number of rotatable bonds is 4. The van der Waals surface area contributed by atoms with Crippen molar-refractivity contribution >= 4 is 21.8 Å². The third kappa shape index (κ3) is 2.72. The van der Waals surface area contributed by atoms with E-state index >= 15 is 0 Å². The van der Waals surface area contributed by atoms with Crippen molar-refractivity contribution in [1.29, 1.82) is 0 Å². The van der Waals surface area contributed by atoms with Gasteiger partial charge in [0.15, 0.2) is 0 Å². The predicted molar refractivity (Wildman–Crippen MR) is 62.6 cm³/mol. The van der Waals surface area contributed by atoms with E-state index in [2.05, 4.69) is 28.2 Å². The summed E-state index contributed by atoms with van der Waals surface area (Å²) in [4.78, 5) is 11.6. The normalized spacial score (nSPS) is 20.0. The molecule has 1 amide bonds. The first kappa shape index (κ1) is 12.0. The minimum atomic E-state index is -0.439. The quantitative estimate of drug-likeness (QED) is 0.775. The van der Waals surface area contributed by atoms with Gasteiger partial charge < -0.3 is 5.32 Å². The van der Waals surface area contributed by atoms with Crippen LogP contribution < -0.4 is 5.32 Å². The highest BCUT2D eigenvalue weighted by Gasteiger charge is 2.36. The molecule has 1 N–H and O–H groups in total. The van der Waals surface area contributed by atoms with Gasteiger partial charge in [0, 0.05) is 6.54 Å². The maximum atomic E-state index is 11.6. The van der Waals surface area contributed by atoms with Gasteiger partial charge in [-0.2, -0.15) is 0 Å². The summed E-state index contributed by atoms with van der Waals surface area (Å²) >= 11 is 3.36. The molecule has 0 radical (unpaired) electrons. The highest BCUT2D eigenvalue weighted by atomic mass is 79.9. The maximum Gasteiger partial charge on any atom is 0.236 e. The van der Waals surface area contributed by atoms with Gasteiger partial charge in [0.05, 0.1) is 4.32 Å². The van der Waals surface area contributed by atoms with Crippen LogP contribution in [0.1, 0.15) is 46.5 Å². The van der Waals surface area contributed by atoms with Gasteiger partial charge in [-0.25, -0.2) is 0 Å². The van der Waals surface area contributed by atoms with Crippen molar-refractivity contribution in [3.05, 3.63) is 0 Å². The van der Waals surface area contributed by atoms with Crippen molar-refractivity contribution in [3.63, 3.8) is 0 Å². The number of hydrogen-bond donors (Lipinski definition) is 1. The molecule has 2 nitrogen and oxygen atoms in total. The summed E-state index contributed by atoms with van der Waals surface area (Å²) < 4.78 is -0.439. The Bertz CT molecular complexity index is 210. The summed E-state index contributed by atoms with van der Waals surface area (Å²) in [6, 6.07) is 0. The molecule has 1 fully saturated rings. The highest BCUT2D eigenvalue weighted by Crippen LogP contribution is 2.43. The van der Waals surface area contributed by atoms with Crippen molar-refractivity contribution in [1.82, 2.24) is 5.32 Å². The second-order valence-corrected chi connectivity index (χ2v) is 6.84. The molecule has 1 rings (SSSR count). The fraction of sp³-hybridized carbons (Fsp3) is 0.909. The summed E-state index contributed by atoms with van der Waals surface area (Å²) in [6.07, 6.45) is 5.04. The molecule has 1 aliphatic carbocycles. The average molecular weight is 262 g/mol. The molecule has 0 saturated heterocycles. The molecule has 0 bridgehead atoms. The van der Waals surface area contributed by atoms with Gasteiger partial charge >= 0.3 is 0 Å². The predicted octanol–water partition coefficient (Wildman–Crippen LogP) is 2.86. The smallest absolute Gasteiger partial charge is 0.236 e. The average Bonchev–Trinajstić information content (AvgIpc) is 2.01. The molecule has 82 valence electrons. The SMILES string of the molecule is CCC1(CNC(=O)C(C)(C)Br)CCC1. The first-order valence-electron chi connectivity index (χ1n) is 5.37. The molecule has 0 heterocycles. The van der Waals surface area contributed by atoms with Crippen LogP contribution in [-0.4, -0.2) is 16.8 Å². The van der Waals surface area contributed by atoms with Crippen LogP contribution in [0.15, 0.2) is 0 Å². The Morgan fingerprint density at radius 1 is 1.50 bits per heavy atom. The van der Waals surface area contributed by atoms with Gasteiger partial charge in [-0.05, 0) is 38.5 Å². The van der Waals surface area contributed by atoms with Crippen LogP contribution in [0.3, 0.4) is 0 Å². The van der Waals surface area contributed by atoms with E-state index in [0.717, 1.165) is 6.54 Å². The zero-order valence-electron chi connectivity index (χ0n) is 9.32. The maximum absolute atomic E-state index is 11.6. The van der Waals surface area contributed by atoms with Crippen LogP contribution in [-0.2, 0) is 4.79 Å². The number of hydrogen-bond acceptors (Lipinski definition) is 1. The number of nitrogens with one attached hydrogen (secondary N) is 1. The standard InChI is InChI=1S/C11H20BrNO/c1-4-11(6-5-7-11)8-13-9(14)10(2,3)12/h4-8H2,1-3H3,(H,13,14). The van der Waals surface area contributed by atoms with Crippen molar-refractivity contribution < 1.29 is 4.79 Å². The van der Waals surface area contributed by atoms with Crippen LogP contribution >= 0.6 is 15.9 Å². The molecular weight excluding hydrogens is 242 g/mol. The van der Waals surface area contributed by atoms with Crippen molar-refractivity contribution in [2.24, 2.45) is 5.41 Å². The molecule has 0 aliphatic heterocycles. The first-order chi connectivity index (χ1) is 6.40. The number of halogens is 1. The lowest BCUT2D eigenvalue weighted by molar-refractivity contribution is -0.123. The minimum absolute atomic E-state index is 0.0947. The van der Waals surface area contributed by atoms with E-state index in [1.807, 2.05) is 13.8 Å². The van der Waals surface area contributed by atoms with Crippen LogP contribution in [0.25, 0.3) is 0 Å². The lowest BCUT2D eigenvalue weighted by atomic mass is 9.67. The second-order valence-electron chi connectivity index (χ2n) is 4.86. The lowest BCUT2D eigenvalue weighted by Crippen LogP contribution is -2.46. The summed E-state index contributed by atoms with van der Waals surface area (Å²) in [5.41, 5.74) is 0.411. The van der Waals surface area contributed by atoms with E-state index in [1.165, 1.54) is 25.7 Å². The zero-order chi connectivity index (χ0) is 10.8. The summed E-state index contributed by atoms with van der Waals surface area (Å²) in [7, 11) is 0. The molecule has 0 aromatic rings. The molecule has 14 heavy (non-hydrogen) atoms. The van der Waals surface area contributed by atoms with Crippen molar-refractivity contribution in [2.75, 3.05) is 6.54 Å². The second kappa shape index (κ2) is 4.21. The Hall–Kier alpha value is -0.0500. The molecular formula is C11H20BrNO. The van der Waals surface area contributed by atoms with Gasteiger partial charge in [0.1, 0.15) is 0 Å². The van der Waals surface area contributed by atoms with Gasteiger partial charge in [-0.3, -0.25) is 4.79 Å². The number of carbonyl (C=O) groups is 1. The summed E-state index contributed by atoms with van der Waals surface area (Å²) in [5, 5.41) is 3.03. The molecule has 0 aromatic carbocycles. The third-order valence-electron chi connectivity index (χ3n) is 3.33. The fourth-order valence-corrected chi connectivity index (χ4v) is 1.95. The van der Waals surface area contributed by atoms with Crippen LogP contribution in [0.2, 0.25) is 0 Å². The monoisotopic (exact) mass is 261 g/mol. The van der Waals surface area contributed by atoms with Crippen molar-refractivity contribution in [3.8, 4) is 0 Å². The van der Waals surface area contributed by atoms with Gasteiger partial charge in [-0.15, -0.1) is 0 Å². The van der Waals surface area contributed by atoms with Gasteiger partial charge in [-0.1, -0.05) is 29.3 Å². The Kier molecular flexibility index (Phi) is 3.62.